The van der Waals surface area contributed by atoms with E-state index in [2.05, 4.69) is 6.92 Å². The molecule has 1 atom stereocenters. The summed E-state index contributed by atoms with van der Waals surface area (Å²) in [6, 6.07) is 0. The van der Waals surface area contributed by atoms with E-state index in [1.54, 1.807) is 6.92 Å². The molecule has 0 rings (SSSR count). The van der Waals surface area contributed by atoms with Gasteiger partial charge in [-0.3, -0.25) is 4.79 Å². The summed E-state index contributed by atoms with van der Waals surface area (Å²) in [7, 11) is 0. The molecular formula is C12H22Cl2O2. The topological polar surface area (TPSA) is 26.3 Å². The normalized spacial score (nSPS) is 14.5. The monoisotopic (exact) mass is 268 g/mol. The maximum absolute atomic E-state index is 11.3. The summed E-state index contributed by atoms with van der Waals surface area (Å²) in [6.45, 7) is 3.78. The maximum Gasteiger partial charge on any atom is 0.307 e. The van der Waals surface area contributed by atoms with Crippen molar-refractivity contribution in [2.75, 3.05) is 5.88 Å². The standard InChI is InChI=1S/C12H22Cl2O2/c1-3-4-5-6-7-8-9-11(15)16-12(2,14)10-13/h3-10H2,1-2H3. The molecule has 0 aliphatic rings. The highest BCUT2D eigenvalue weighted by molar-refractivity contribution is 6.30. The Balaban J connectivity index is 3.44. The first-order chi connectivity index (χ1) is 7.52. The third kappa shape index (κ3) is 9.29. The number of ether oxygens (including phenoxy) is 1. The summed E-state index contributed by atoms with van der Waals surface area (Å²) in [4.78, 5) is 11.3. The number of halogens is 2. The Kier molecular flexibility index (Phi) is 9.15. The number of esters is 1. The van der Waals surface area contributed by atoms with Crippen molar-refractivity contribution in [3.63, 3.8) is 0 Å². The Morgan fingerprint density at radius 3 is 2.31 bits per heavy atom. The molecule has 2 nitrogen and oxygen atoms in total. The minimum atomic E-state index is -1.05. The molecule has 0 aromatic rings. The van der Waals surface area contributed by atoms with Gasteiger partial charge in [0.2, 0.25) is 0 Å². The van der Waals surface area contributed by atoms with Crippen LogP contribution in [-0.4, -0.2) is 16.9 Å². The van der Waals surface area contributed by atoms with Gasteiger partial charge in [0.15, 0.2) is 5.06 Å². The molecule has 0 aliphatic carbocycles. The first-order valence-corrected chi connectivity index (χ1v) is 6.90. The van der Waals surface area contributed by atoms with Gasteiger partial charge in [-0.15, -0.1) is 11.6 Å². The molecule has 0 N–H and O–H groups in total. The molecule has 0 saturated heterocycles. The molecule has 96 valence electrons. The number of hydrogen-bond donors (Lipinski definition) is 0. The predicted molar refractivity (Wildman–Crippen MR) is 69.1 cm³/mol. The summed E-state index contributed by atoms with van der Waals surface area (Å²) in [5, 5.41) is -1.05. The fourth-order valence-corrected chi connectivity index (χ4v) is 1.51. The number of alkyl halides is 2. The second kappa shape index (κ2) is 9.12. The van der Waals surface area contributed by atoms with Gasteiger partial charge in [0, 0.05) is 6.42 Å². The first-order valence-electron chi connectivity index (χ1n) is 5.98. The van der Waals surface area contributed by atoms with E-state index in [0.29, 0.717) is 6.42 Å². The van der Waals surface area contributed by atoms with Crippen molar-refractivity contribution in [2.24, 2.45) is 0 Å². The van der Waals surface area contributed by atoms with E-state index in [-0.39, 0.29) is 11.8 Å². The van der Waals surface area contributed by atoms with Gasteiger partial charge in [-0.25, -0.2) is 0 Å². The fourth-order valence-electron chi connectivity index (χ4n) is 1.37. The molecule has 1 unspecified atom stereocenters. The lowest BCUT2D eigenvalue weighted by Crippen LogP contribution is -2.26. The molecule has 0 spiro atoms. The van der Waals surface area contributed by atoms with Crippen LogP contribution in [0.1, 0.15) is 58.8 Å². The minimum Gasteiger partial charge on any atom is -0.442 e. The SMILES string of the molecule is CCCCCCCCC(=O)OC(C)(Cl)CCl. The molecule has 0 aromatic heterocycles. The van der Waals surface area contributed by atoms with E-state index in [1.165, 1.54) is 25.7 Å². The number of unbranched alkanes of at least 4 members (excludes halogenated alkanes) is 5. The summed E-state index contributed by atoms with van der Waals surface area (Å²) >= 11 is 11.4. The summed E-state index contributed by atoms with van der Waals surface area (Å²) < 4.78 is 5.01. The Morgan fingerprint density at radius 1 is 1.19 bits per heavy atom. The first kappa shape index (κ1) is 16.1. The van der Waals surface area contributed by atoms with E-state index in [9.17, 15) is 4.79 Å². The second-order valence-electron chi connectivity index (χ2n) is 4.23. The van der Waals surface area contributed by atoms with Crippen molar-refractivity contribution >= 4 is 29.2 Å². The largest absolute Gasteiger partial charge is 0.442 e. The third-order valence-electron chi connectivity index (χ3n) is 2.30. The molecule has 0 amide bonds. The van der Waals surface area contributed by atoms with Crippen molar-refractivity contribution in [3.05, 3.63) is 0 Å². The Labute approximate surface area is 109 Å². The van der Waals surface area contributed by atoms with Gasteiger partial charge in [0.25, 0.3) is 0 Å². The highest BCUT2D eigenvalue weighted by Crippen LogP contribution is 2.19. The van der Waals surface area contributed by atoms with Gasteiger partial charge in [0.1, 0.15) is 0 Å². The highest BCUT2D eigenvalue weighted by Gasteiger charge is 2.23. The van der Waals surface area contributed by atoms with Crippen LogP contribution in [0.2, 0.25) is 0 Å². The van der Waals surface area contributed by atoms with Crippen LogP contribution in [-0.2, 0) is 9.53 Å². The lowest BCUT2D eigenvalue weighted by Gasteiger charge is -2.19. The minimum absolute atomic E-state index is 0.108. The van der Waals surface area contributed by atoms with Crippen LogP contribution >= 0.6 is 23.2 Å². The molecule has 0 fully saturated rings. The van der Waals surface area contributed by atoms with E-state index in [0.717, 1.165) is 12.8 Å². The summed E-state index contributed by atoms with van der Waals surface area (Å²) in [5.74, 6) is -0.148. The van der Waals surface area contributed by atoms with Crippen LogP contribution in [0.3, 0.4) is 0 Å². The van der Waals surface area contributed by atoms with Crippen LogP contribution in [0.5, 0.6) is 0 Å². The smallest absolute Gasteiger partial charge is 0.307 e. The molecule has 0 radical (unpaired) electrons. The van der Waals surface area contributed by atoms with Crippen LogP contribution in [0.25, 0.3) is 0 Å². The maximum atomic E-state index is 11.3. The van der Waals surface area contributed by atoms with Crippen molar-refractivity contribution in [1.29, 1.82) is 0 Å². The van der Waals surface area contributed by atoms with Gasteiger partial charge in [0.05, 0.1) is 5.88 Å². The van der Waals surface area contributed by atoms with E-state index < -0.39 is 5.06 Å². The molecular weight excluding hydrogens is 247 g/mol. The Bertz CT molecular complexity index is 193. The second-order valence-corrected chi connectivity index (χ2v) is 5.29. The van der Waals surface area contributed by atoms with E-state index in [1.807, 2.05) is 0 Å². The van der Waals surface area contributed by atoms with Crippen LogP contribution in [0.15, 0.2) is 0 Å². The highest BCUT2D eigenvalue weighted by atomic mass is 35.5. The Morgan fingerprint density at radius 2 is 1.75 bits per heavy atom. The number of carbonyl (C=O) groups is 1. The molecule has 0 heterocycles. The Hall–Kier alpha value is 0.0500. The van der Waals surface area contributed by atoms with Gasteiger partial charge in [-0.2, -0.15) is 0 Å². The van der Waals surface area contributed by atoms with Crippen molar-refractivity contribution in [2.45, 2.75) is 63.9 Å². The molecule has 16 heavy (non-hydrogen) atoms. The van der Waals surface area contributed by atoms with Gasteiger partial charge < -0.3 is 4.74 Å². The number of hydrogen-bond acceptors (Lipinski definition) is 2. The predicted octanol–water partition coefficient (Wildman–Crippen LogP) is 4.47. The van der Waals surface area contributed by atoms with Gasteiger partial charge in [-0.1, -0.05) is 50.6 Å². The van der Waals surface area contributed by atoms with Crippen molar-refractivity contribution in [1.82, 2.24) is 0 Å². The zero-order valence-electron chi connectivity index (χ0n) is 10.2. The van der Waals surface area contributed by atoms with Gasteiger partial charge >= 0.3 is 5.97 Å². The van der Waals surface area contributed by atoms with Crippen LogP contribution in [0, 0.1) is 0 Å². The average Bonchev–Trinajstić information content (AvgIpc) is 2.22. The lowest BCUT2D eigenvalue weighted by molar-refractivity contribution is -0.150. The van der Waals surface area contributed by atoms with Crippen LogP contribution in [0.4, 0.5) is 0 Å². The van der Waals surface area contributed by atoms with E-state index >= 15 is 0 Å². The third-order valence-corrected chi connectivity index (χ3v) is 3.16. The molecule has 0 saturated carbocycles. The molecule has 0 aromatic carbocycles. The lowest BCUT2D eigenvalue weighted by atomic mass is 10.1. The van der Waals surface area contributed by atoms with E-state index in [4.69, 9.17) is 27.9 Å². The van der Waals surface area contributed by atoms with Crippen molar-refractivity contribution in [3.8, 4) is 0 Å². The molecule has 0 bridgehead atoms. The molecule has 4 heteroatoms. The summed E-state index contributed by atoms with van der Waals surface area (Å²) in [5.41, 5.74) is 0. The number of rotatable bonds is 9. The van der Waals surface area contributed by atoms with Crippen molar-refractivity contribution < 1.29 is 9.53 Å². The molecule has 0 aliphatic heterocycles. The number of carbonyl (C=O) groups excluding carboxylic acids is 1. The van der Waals surface area contributed by atoms with Crippen LogP contribution < -0.4 is 0 Å². The quantitative estimate of drug-likeness (QED) is 0.350. The van der Waals surface area contributed by atoms with Gasteiger partial charge in [-0.05, 0) is 13.3 Å². The zero-order valence-corrected chi connectivity index (χ0v) is 11.7. The fraction of sp³-hybridized carbons (Fsp3) is 0.917. The average molecular weight is 269 g/mol. The summed E-state index contributed by atoms with van der Waals surface area (Å²) in [6.07, 6.45) is 7.34. The zero-order chi connectivity index (χ0) is 12.4.